The smallest absolute Gasteiger partial charge is 0.223 e. The van der Waals surface area contributed by atoms with Crippen molar-refractivity contribution in [2.45, 2.75) is 58.0 Å². The molecule has 0 bridgehead atoms. The van der Waals surface area contributed by atoms with Crippen molar-refractivity contribution in [3.05, 3.63) is 83.7 Å². The van der Waals surface area contributed by atoms with Gasteiger partial charge in [-0.15, -0.1) is 0 Å². The first-order chi connectivity index (χ1) is 15.5. The summed E-state index contributed by atoms with van der Waals surface area (Å²) in [5, 5.41) is 13.6. The van der Waals surface area contributed by atoms with Crippen LogP contribution >= 0.6 is 0 Å². The fourth-order valence-electron chi connectivity index (χ4n) is 4.45. The third-order valence-corrected chi connectivity index (χ3v) is 6.52. The van der Waals surface area contributed by atoms with Crippen LogP contribution in [0.25, 0.3) is 0 Å². The van der Waals surface area contributed by atoms with Gasteiger partial charge >= 0.3 is 0 Å². The largest absolute Gasteiger partial charge is 0.388 e. The van der Waals surface area contributed by atoms with Gasteiger partial charge in [0.1, 0.15) is 5.82 Å². The second-order valence-corrected chi connectivity index (χ2v) is 9.17. The second-order valence-electron chi connectivity index (χ2n) is 9.17. The Morgan fingerprint density at radius 1 is 1.09 bits per heavy atom. The van der Waals surface area contributed by atoms with E-state index in [1.165, 1.54) is 44.2 Å². The molecule has 3 nitrogen and oxygen atoms in total. The molecule has 2 N–H and O–H groups in total. The summed E-state index contributed by atoms with van der Waals surface area (Å²) in [6.45, 7) is 2.34. The second kappa shape index (κ2) is 12.5. The van der Waals surface area contributed by atoms with Crippen LogP contribution in [0.15, 0.2) is 66.7 Å². The number of rotatable bonds is 10. The van der Waals surface area contributed by atoms with Crippen molar-refractivity contribution in [2.75, 3.05) is 6.54 Å². The van der Waals surface area contributed by atoms with Crippen LogP contribution in [0.2, 0.25) is 0 Å². The lowest BCUT2D eigenvalue weighted by atomic mass is 9.88. The number of halogens is 1. The van der Waals surface area contributed by atoms with Crippen LogP contribution in [0.4, 0.5) is 4.39 Å². The molecule has 4 heteroatoms. The molecule has 0 heterocycles. The molecule has 2 aromatic carbocycles. The zero-order chi connectivity index (χ0) is 22.8. The molecule has 1 aliphatic rings. The Hall–Kier alpha value is -2.46. The van der Waals surface area contributed by atoms with Gasteiger partial charge in [-0.2, -0.15) is 0 Å². The highest BCUT2D eigenvalue weighted by Crippen LogP contribution is 2.25. The Balaban J connectivity index is 1.59. The van der Waals surface area contributed by atoms with Crippen molar-refractivity contribution in [2.24, 2.45) is 17.8 Å². The highest BCUT2D eigenvalue weighted by atomic mass is 19.1. The molecule has 1 fully saturated rings. The maximum Gasteiger partial charge on any atom is 0.223 e. The summed E-state index contributed by atoms with van der Waals surface area (Å²) >= 11 is 0. The van der Waals surface area contributed by atoms with E-state index < -0.39 is 6.10 Å². The average molecular weight is 438 g/mol. The van der Waals surface area contributed by atoms with Crippen LogP contribution in [-0.2, 0) is 11.2 Å². The van der Waals surface area contributed by atoms with Gasteiger partial charge in [0.05, 0.1) is 6.10 Å². The van der Waals surface area contributed by atoms with Crippen molar-refractivity contribution in [1.29, 1.82) is 0 Å². The van der Waals surface area contributed by atoms with E-state index >= 15 is 0 Å². The van der Waals surface area contributed by atoms with E-state index in [-0.39, 0.29) is 23.6 Å². The topological polar surface area (TPSA) is 49.3 Å². The Bertz CT molecular complexity index is 843. The summed E-state index contributed by atoms with van der Waals surface area (Å²) in [6.07, 6.45) is 11.4. The summed E-state index contributed by atoms with van der Waals surface area (Å²) in [4.78, 5) is 13.1. The van der Waals surface area contributed by atoms with Crippen LogP contribution in [0.1, 0.15) is 62.7 Å². The van der Waals surface area contributed by atoms with Gasteiger partial charge in [0.2, 0.25) is 5.91 Å². The first kappa shape index (κ1) is 24.2. The molecule has 3 rings (SSSR count). The van der Waals surface area contributed by atoms with Gasteiger partial charge in [-0.1, -0.05) is 80.8 Å². The lowest BCUT2D eigenvalue weighted by molar-refractivity contribution is -0.125. The van der Waals surface area contributed by atoms with Crippen LogP contribution in [0.3, 0.4) is 0 Å². The maximum absolute atomic E-state index is 13.3. The first-order valence-corrected chi connectivity index (χ1v) is 11.9. The number of hydrogen-bond acceptors (Lipinski definition) is 2. The highest BCUT2D eigenvalue weighted by molar-refractivity contribution is 5.79. The van der Waals surface area contributed by atoms with Crippen LogP contribution < -0.4 is 5.32 Å². The summed E-state index contributed by atoms with van der Waals surface area (Å²) in [7, 11) is 0. The predicted molar refractivity (Wildman–Crippen MR) is 128 cm³/mol. The lowest BCUT2D eigenvalue weighted by Gasteiger charge is -2.22. The van der Waals surface area contributed by atoms with Gasteiger partial charge in [0.25, 0.3) is 0 Å². The number of aliphatic hydroxyl groups excluding tert-OH is 1. The molecule has 2 aromatic rings. The average Bonchev–Trinajstić information content (AvgIpc) is 2.83. The molecule has 0 radical (unpaired) electrons. The molecule has 32 heavy (non-hydrogen) atoms. The quantitative estimate of drug-likeness (QED) is 0.448. The Labute approximate surface area is 191 Å². The highest BCUT2D eigenvalue weighted by Gasteiger charge is 2.21. The number of carbonyl (C=O) groups is 1. The molecule has 172 valence electrons. The molecular formula is C28H36FNO2. The summed E-state index contributed by atoms with van der Waals surface area (Å²) in [5.74, 6) is 0.0108. The fourth-order valence-corrected chi connectivity index (χ4v) is 4.45. The van der Waals surface area contributed by atoms with Gasteiger partial charge in [-0.05, 0) is 54.9 Å². The number of hydrogen-bond donors (Lipinski definition) is 2. The van der Waals surface area contributed by atoms with Gasteiger partial charge in [-0.25, -0.2) is 4.39 Å². The summed E-state index contributed by atoms with van der Waals surface area (Å²) < 4.78 is 13.3. The first-order valence-electron chi connectivity index (χ1n) is 11.9. The minimum absolute atomic E-state index is 0.0188. The van der Waals surface area contributed by atoms with E-state index in [0.29, 0.717) is 25.3 Å². The molecule has 0 spiro atoms. The minimum Gasteiger partial charge on any atom is -0.388 e. The number of nitrogens with one attached hydrogen (secondary N) is 1. The summed E-state index contributed by atoms with van der Waals surface area (Å²) in [6, 6.07) is 15.9. The molecule has 1 aliphatic carbocycles. The third kappa shape index (κ3) is 7.59. The van der Waals surface area contributed by atoms with E-state index in [4.69, 9.17) is 0 Å². The van der Waals surface area contributed by atoms with Gasteiger partial charge < -0.3 is 10.4 Å². The molecule has 1 saturated carbocycles. The van der Waals surface area contributed by atoms with Crippen molar-refractivity contribution in [1.82, 2.24) is 5.32 Å². The SMILES string of the molecule is C[C@H](CNC(=O)[C@@H](CC=CC1CCCCC1)Cc1ccc(F)cc1)[C@@H](O)c1ccccc1. The standard InChI is InChI=1S/C28H36FNO2/c1-21(27(31)24-12-6-3-7-13-24)20-30-28(32)25(19-23-15-17-26(29)18-16-23)14-8-11-22-9-4-2-5-10-22/h3,6-8,11-13,15-18,21-22,25,27,31H,2,4-5,9-10,14,19-20H2,1H3,(H,30,32)/t21-,25+,27-/m1/s1. The van der Waals surface area contributed by atoms with Crippen molar-refractivity contribution >= 4 is 5.91 Å². The van der Waals surface area contributed by atoms with Crippen molar-refractivity contribution < 1.29 is 14.3 Å². The zero-order valence-electron chi connectivity index (χ0n) is 19.1. The molecule has 0 aromatic heterocycles. The number of benzene rings is 2. The van der Waals surface area contributed by atoms with E-state index in [9.17, 15) is 14.3 Å². The Kier molecular flexibility index (Phi) is 9.48. The monoisotopic (exact) mass is 437 g/mol. The maximum atomic E-state index is 13.3. The normalized spacial score (nSPS) is 17.7. The fraction of sp³-hybridized carbons (Fsp3) is 0.464. The molecule has 3 atom stereocenters. The number of amides is 1. The van der Waals surface area contributed by atoms with Crippen LogP contribution in [-0.4, -0.2) is 17.6 Å². The van der Waals surface area contributed by atoms with Crippen molar-refractivity contribution in [3.8, 4) is 0 Å². The van der Waals surface area contributed by atoms with E-state index in [2.05, 4.69) is 17.5 Å². The number of aliphatic hydroxyl groups is 1. The molecule has 0 saturated heterocycles. The Morgan fingerprint density at radius 3 is 2.47 bits per heavy atom. The summed E-state index contributed by atoms with van der Waals surface area (Å²) in [5.41, 5.74) is 1.81. The molecule has 0 aliphatic heterocycles. The zero-order valence-corrected chi connectivity index (χ0v) is 19.1. The number of carbonyl (C=O) groups excluding carboxylic acids is 1. The lowest BCUT2D eigenvalue weighted by Crippen LogP contribution is -2.36. The van der Waals surface area contributed by atoms with Crippen molar-refractivity contribution in [3.63, 3.8) is 0 Å². The predicted octanol–water partition coefficient (Wildman–Crippen LogP) is 6.00. The Morgan fingerprint density at radius 2 is 1.78 bits per heavy atom. The third-order valence-electron chi connectivity index (χ3n) is 6.52. The van der Waals surface area contributed by atoms with E-state index in [0.717, 1.165) is 11.1 Å². The molecule has 1 amide bonds. The van der Waals surface area contributed by atoms with E-state index in [1.54, 1.807) is 12.1 Å². The number of allylic oxidation sites excluding steroid dienone is 2. The van der Waals surface area contributed by atoms with Crippen LogP contribution in [0, 0.1) is 23.6 Å². The minimum atomic E-state index is -0.627. The molecule has 0 unspecified atom stereocenters. The van der Waals surface area contributed by atoms with Crippen LogP contribution in [0.5, 0.6) is 0 Å². The molecular weight excluding hydrogens is 401 g/mol. The van der Waals surface area contributed by atoms with Gasteiger partial charge in [-0.3, -0.25) is 4.79 Å². The van der Waals surface area contributed by atoms with Gasteiger partial charge in [0.15, 0.2) is 0 Å². The van der Waals surface area contributed by atoms with E-state index in [1.807, 2.05) is 37.3 Å². The van der Waals surface area contributed by atoms with Gasteiger partial charge in [0, 0.05) is 18.4 Å².